The quantitative estimate of drug-likeness (QED) is 0.915. The van der Waals surface area contributed by atoms with Gasteiger partial charge >= 0.3 is 0 Å². The number of carbonyl (C=O) groups is 1. The van der Waals surface area contributed by atoms with E-state index in [2.05, 4.69) is 5.32 Å². The van der Waals surface area contributed by atoms with Gasteiger partial charge in [0.25, 0.3) is 5.91 Å². The summed E-state index contributed by atoms with van der Waals surface area (Å²) in [5.74, 6) is 1.02. The molecule has 0 aliphatic rings. The van der Waals surface area contributed by atoms with Crippen molar-refractivity contribution in [2.75, 3.05) is 12.4 Å². The Labute approximate surface area is 128 Å². The summed E-state index contributed by atoms with van der Waals surface area (Å²) in [6, 6.07) is 14.0. The first kappa shape index (κ1) is 15.2. The maximum Gasteiger partial charge on any atom is 0.265 e. The molecule has 0 radical (unpaired) electrons. The minimum absolute atomic E-state index is 0.236. The van der Waals surface area contributed by atoms with Crippen molar-refractivity contribution in [3.8, 4) is 11.5 Å². The molecule has 5 heteroatoms. The summed E-state index contributed by atoms with van der Waals surface area (Å²) in [5.41, 5.74) is 0.672. The van der Waals surface area contributed by atoms with E-state index < -0.39 is 6.10 Å². The number of methoxy groups -OCH3 is 1. The molecule has 2 aromatic carbocycles. The van der Waals surface area contributed by atoms with Gasteiger partial charge in [0, 0.05) is 16.8 Å². The van der Waals surface area contributed by atoms with Gasteiger partial charge < -0.3 is 14.8 Å². The topological polar surface area (TPSA) is 47.6 Å². The van der Waals surface area contributed by atoms with E-state index in [1.807, 2.05) is 6.07 Å². The Morgan fingerprint density at radius 2 is 1.81 bits per heavy atom. The molecule has 0 aliphatic heterocycles. The van der Waals surface area contributed by atoms with Crippen molar-refractivity contribution in [2.24, 2.45) is 0 Å². The van der Waals surface area contributed by atoms with Gasteiger partial charge in [0.15, 0.2) is 6.10 Å². The summed E-state index contributed by atoms with van der Waals surface area (Å²) in [6.07, 6.45) is -0.632. The van der Waals surface area contributed by atoms with Crippen LogP contribution in [0.3, 0.4) is 0 Å². The van der Waals surface area contributed by atoms with Crippen LogP contribution < -0.4 is 14.8 Å². The van der Waals surface area contributed by atoms with Gasteiger partial charge in [0.1, 0.15) is 11.5 Å². The Morgan fingerprint density at radius 3 is 2.48 bits per heavy atom. The van der Waals surface area contributed by atoms with Gasteiger partial charge in [-0.05, 0) is 43.3 Å². The SMILES string of the molecule is COc1cccc(O[C@H](C)C(=O)Nc2ccc(Cl)cc2)c1. The molecule has 110 valence electrons. The molecule has 0 unspecified atom stereocenters. The van der Waals surface area contributed by atoms with E-state index in [1.165, 1.54) is 0 Å². The van der Waals surface area contributed by atoms with E-state index >= 15 is 0 Å². The average Bonchev–Trinajstić information content (AvgIpc) is 2.49. The summed E-state index contributed by atoms with van der Waals surface area (Å²) in [4.78, 5) is 12.1. The number of ether oxygens (including phenoxy) is 2. The van der Waals surface area contributed by atoms with Crippen molar-refractivity contribution in [3.05, 3.63) is 53.6 Å². The van der Waals surface area contributed by atoms with E-state index in [1.54, 1.807) is 56.5 Å². The Hall–Kier alpha value is -2.20. The van der Waals surface area contributed by atoms with Crippen LogP contribution in [0.4, 0.5) is 5.69 Å². The first-order valence-electron chi connectivity index (χ1n) is 6.45. The van der Waals surface area contributed by atoms with E-state index in [9.17, 15) is 4.79 Å². The molecule has 0 fully saturated rings. The van der Waals surface area contributed by atoms with E-state index in [0.717, 1.165) is 0 Å². The Balaban J connectivity index is 1.97. The number of amides is 1. The minimum atomic E-state index is -0.632. The summed E-state index contributed by atoms with van der Waals surface area (Å²) in [5, 5.41) is 3.38. The van der Waals surface area contributed by atoms with Crippen LogP contribution in [-0.2, 0) is 4.79 Å². The van der Waals surface area contributed by atoms with Crippen LogP contribution in [0, 0.1) is 0 Å². The molecule has 2 rings (SSSR count). The van der Waals surface area contributed by atoms with Crippen molar-refractivity contribution in [1.29, 1.82) is 0 Å². The maximum absolute atomic E-state index is 12.1. The number of rotatable bonds is 5. The third-order valence-electron chi connectivity index (χ3n) is 2.84. The molecule has 0 saturated carbocycles. The van der Waals surface area contributed by atoms with Crippen molar-refractivity contribution in [1.82, 2.24) is 0 Å². The number of hydrogen-bond acceptors (Lipinski definition) is 3. The standard InChI is InChI=1S/C16H16ClNO3/c1-11(21-15-5-3-4-14(10-15)20-2)16(19)18-13-8-6-12(17)7-9-13/h3-11H,1-2H3,(H,18,19)/t11-/m1/s1. The predicted molar refractivity (Wildman–Crippen MR) is 83.2 cm³/mol. The highest BCUT2D eigenvalue weighted by Crippen LogP contribution is 2.20. The normalized spacial score (nSPS) is 11.6. The number of halogens is 1. The van der Waals surface area contributed by atoms with Gasteiger partial charge in [0.2, 0.25) is 0 Å². The summed E-state index contributed by atoms with van der Waals surface area (Å²) >= 11 is 5.80. The summed E-state index contributed by atoms with van der Waals surface area (Å²) in [6.45, 7) is 1.69. The zero-order valence-electron chi connectivity index (χ0n) is 11.8. The third-order valence-corrected chi connectivity index (χ3v) is 3.09. The molecule has 0 heterocycles. The lowest BCUT2D eigenvalue weighted by Crippen LogP contribution is -2.30. The summed E-state index contributed by atoms with van der Waals surface area (Å²) < 4.78 is 10.7. The Bertz CT molecular complexity index is 613. The molecule has 2 aromatic rings. The molecule has 0 saturated heterocycles. The van der Waals surface area contributed by atoms with E-state index in [0.29, 0.717) is 22.2 Å². The minimum Gasteiger partial charge on any atom is -0.497 e. The first-order chi connectivity index (χ1) is 10.1. The predicted octanol–water partition coefficient (Wildman–Crippen LogP) is 3.75. The van der Waals surface area contributed by atoms with Crippen molar-refractivity contribution in [3.63, 3.8) is 0 Å². The fraction of sp³-hybridized carbons (Fsp3) is 0.188. The van der Waals surface area contributed by atoms with Crippen molar-refractivity contribution in [2.45, 2.75) is 13.0 Å². The first-order valence-corrected chi connectivity index (χ1v) is 6.83. The average molecular weight is 306 g/mol. The number of anilines is 1. The number of benzene rings is 2. The highest BCUT2D eigenvalue weighted by atomic mass is 35.5. The fourth-order valence-electron chi connectivity index (χ4n) is 1.71. The van der Waals surface area contributed by atoms with Crippen LogP contribution in [0.15, 0.2) is 48.5 Å². The van der Waals surface area contributed by atoms with Crippen LogP contribution in [0.5, 0.6) is 11.5 Å². The van der Waals surface area contributed by atoms with Gasteiger partial charge in [-0.25, -0.2) is 0 Å². The molecule has 0 spiro atoms. The lowest BCUT2D eigenvalue weighted by molar-refractivity contribution is -0.122. The highest BCUT2D eigenvalue weighted by molar-refractivity contribution is 6.30. The van der Waals surface area contributed by atoms with E-state index in [-0.39, 0.29) is 5.91 Å². The van der Waals surface area contributed by atoms with Gasteiger partial charge in [-0.1, -0.05) is 17.7 Å². The molecule has 4 nitrogen and oxygen atoms in total. The van der Waals surface area contributed by atoms with Gasteiger partial charge in [-0.2, -0.15) is 0 Å². The molecule has 1 atom stereocenters. The lowest BCUT2D eigenvalue weighted by Gasteiger charge is -2.15. The van der Waals surface area contributed by atoms with Gasteiger partial charge in [-0.15, -0.1) is 0 Å². The van der Waals surface area contributed by atoms with Gasteiger partial charge in [0.05, 0.1) is 7.11 Å². The second-order valence-corrected chi connectivity index (χ2v) is 4.87. The summed E-state index contributed by atoms with van der Waals surface area (Å²) in [7, 11) is 1.58. The monoisotopic (exact) mass is 305 g/mol. The number of hydrogen-bond donors (Lipinski definition) is 1. The van der Waals surface area contributed by atoms with Crippen LogP contribution in [0.2, 0.25) is 5.02 Å². The third kappa shape index (κ3) is 4.39. The van der Waals surface area contributed by atoms with Crippen LogP contribution >= 0.6 is 11.6 Å². The molecule has 0 aliphatic carbocycles. The van der Waals surface area contributed by atoms with Crippen LogP contribution in [0.25, 0.3) is 0 Å². The molecule has 0 aromatic heterocycles. The second kappa shape index (κ2) is 6.99. The zero-order chi connectivity index (χ0) is 15.2. The molecule has 1 N–H and O–H groups in total. The maximum atomic E-state index is 12.1. The van der Waals surface area contributed by atoms with Crippen LogP contribution in [0.1, 0.15) is 6.92 Å². The Kier molecular flexibility index (Phi) is 5.06. The molecule has 1 amide bonds. The zero-order valence-corrected chi connectivity index (χ0v) is 12.6. The largest absolute Gasteiger partial charge is 0.497 e. The molecule has 0 bridgehead atoms. The molecular formula is C16H16ClNO3. The fourth-order valence-corrected chi connectivity index (χ4v) is 1.84. The second-order valence-electron chi connectivity index (χ2n) is 4.44. The molecule has 21 heavy (non-hydrogen) atoms. The number of nitrogens with one attached hydrogen (secondary N) is 1. The van der Waals surface area contributed by atoms with Crippen LogP contribution in [-0.4, -0.2) is 19.1 Å². The number of carbonyl (C=O) groups excluding carboxylic acids is 1. The Morgan fingerprint density at radius 1 is 1.14 bits per heavy atom. The molecular weight excluding hydrogens is 290 g/mol. The van der Waals surface area contributed by atoms with Crippen molar-refractivity contribution >= 4 is 23.2 Å². The lowest BCUT2D eigenvalue weighted by atomic mass is 10.3. The smallest absolute Gasteiger partial charge is 0.265 e. The van der Waals surface area contributed by atoms with E-state index in [4.69, 9.17) is 21.1 Å². The highest BCUT2D eigenvalue weighted by Gasteiger charge is 2.15. The van der Waals surface area contributed by atoms with Crippen molar-refractivity contribution < 1.29 is 14.3 Å². The van der Waals surface area contributed by atoms with Gasteiger partial charge in [-0.3, -0.25) is 4.79 Å².